The van der Waals surface area contributed by atoms with Crippen molar-refractivity contribution in [1.29, 1.82) is 0 Å². The van der Waals surface area contributed by atoms with Gasteiger partial charge in [0.25, 0.3) is 5.91 Å². The SMILES string of the molecule is CC(C)N(C)c1ccc(NC(=O)C(O)c2ccccc2)cc1F. The number of carbonyl (C=O) groups excluding carboxylic acids is 1. The van der Waals surface area contributed by atoms with E-state index in [1.807, 2.05) is 13.8 Å². The summed E-state index contributed by atoms with van der Waals surface area (Å²) in [6.07, 6.45) is -1.29. The number of rotatable bonds is 5. The van der Waals surface area contributed by atoms with E-state index in [4.69, 9.17) is 0 Å². The van der Waals surface area contributed by atoms with Crippen LogP contribution in [0.15, 0.2) is 48.5 Å². The zero-order chi connectivity index (χ0) is 17.0. The molecule has 0 heterocycles. The molecule has 0 aliphatic carbocycles. The molecule has 0 spiro atoms. The highest BCUT2D eigenvalue weighted by Crippen LogP contribution is 2.24. The van der Waals surface area contributed by atoms with Crippen LogP contribution in [0.2, 0.25) is 0 Å². The molecule has 0 fully saturated rings. The zero-order valence-electron chi connectivity index (χ0n) is 13.5. The van der Waals surface area contributed by atoms with Gasteiger partial charge in [0.05, 0.1) is 5.69 Å². The Morgan fingerprint density at radius 3 is 2.39 bits per heavy atom. The van der Waals surface area contributed by atoms with E-state index in [0.717, 1.165) is 0 Å². The van der Waals surface area contributed by atoms with Crippen molar-refractivity contribution in [2.45, 2.75) is 26.0 Å². The van der Waals surface area contributed by atoms with Crippen LogP contribution in [0.4, 0.5) is 15.8 Å². The summed E-state index contributed by atoms with van der Waals surface area (Å²) in [6, 6.07) is 13.2. The Hall–Kier alpha value is -2.40. The summed E-state index contributed by atoms with van der Waals surface area (Å²) in [5.74, 6) is -1.02. The molecule has 2 rings (SSSR count). The molecule has 2 aromatic carbocycles. The van der Waals surface area contributed by atoms with Crippen LogP contribution in [0.5, 0.6) is 0 Å². The molecule has 0 aliphatic rings. The molecule has 0 aliphatic heterocycles. The summed E-state index contributed by atoms with van der Waals surface area (Å²) >= 11 is 0. The van der Waals surface area contributed by atoms with Crippen LogP contribution in [-0.4, -0.2) is 24.1 Å². The van der Waals surface area contributed by atoms with Crippen LogP contribution in [0, 0.1) is 5.82 Å². The number of halogens is 1. The largest absolute Gasteiger partial charge is 0.378 e. The van der Waals surface area contributed by atoms with Gasteiger partial charge in [-0.2, -0.15) is 0 Å². The van der Waals surface area contributed by atoms with Crippen molar-refractivity contribution in [3.05, 3.63) is 59.9 Å². The van der Waals surface area contributed by atoms with Crippen molar-refractivity contribution in [2.75, 3.05) is 17.3 Å². The highest BCUT2D eigenvalue weighted by molar-refractivity contribution is 5.94. The summed E-state index contributed by atoms with van der Waals surface area (Å²) < 4.78 is 14.2. The van der Waals surface area contributed by atoms with E-state index in [0.29, 0.717) is 16.9 Å². The number of anilines is 2. The lowest BCUT2D eigenvalue weighted by atomic mass is 10.1. The molecule has 1 unspecified atom stereocenters. The number of nitrogens with zero attached hydrogens (tertiary/aromatic N) is 1. The predicted molar refractivity (Wildman–Crippen MR) is 90.0 cm³/mol. The fourth-order valence-electron chi connectivity index (χ4n) is 2.15. The average molecular weight is 316 g/mol. The average Bonchev–Trinajstić information content (AvgIpc) is 2.54. The van der Waals surface area contributed by atoms with Crippen LogP contribution in [0.25, 0.3) is 0 Å². The Labute approximate surface area is 135 Å². The third-order valence-electron chi connectivity index (χ3n) is 3.73. The van der Waals surface area contributed by atoms with Crippen LogP contribution >= 0.6 is 0 Å². The normalized spacial score (nSPS) is 12.1. The third kappa shape index (κ3) is 4.07. The smallest absolute Gasteiger partial charge is 0.257 e. The molecule has 5 heteroatoms. The molecule has 0 radical (unpaired) electrons. The van der Waals surface area contributed by atoms with Crippen LogP contribution in [-0.2, 0) is 4.79 Å². The molecule has 1 atom stereocenters. The number of aliphatic hydroxyl groups excluding tert-OH is 1. The summed E-state index contributed by atoms with van der Waals surface area (Å²) in [4.78, 5) is 13.9. The first kappa shape index (κ1) is 17.0. The van der Waals surface area contributed by atoms with Gasteiger partial charge in [0, 0.05) is 18.8 Å². The van der Waals surface area contributed by atoms with Crippen molar-refractivity contribution >= 4 is 17.3 Å². The van der Waals surface area contributed by atoms with Gasteiger partial charge < -0.3 is 15.3 Å². The van der Waals surface area contributed by atoms with Crippen molar-refractivity contribution in [3.63, 3.8) is 0 Å². The second-order valence-electron chi connectivity index (χ2n) is 5.67. The lowest BCUT2D eigenvalue weighted by Crippen LogP contribution is -2.26. The standard InChI is InChI=1S/C18H21FN2O2/c1-12(2)21(3)16-10-9-14(11-15(16)19)20-18(23)17(22)13-7-5-4-6-8-13/h4-12,17,22H,1-3H3,(H,20,23). The van der Waals surface area contributed by atoms with E-state index in [1.54, 1.807) is 54.4 Å². The molecular weight excluding hydrogens is 295 g/mol. The fourth-order valence-corrected chi connectivity index (χ4v) is 2.15. The molecule has 4 nitrogen and oxygen atoms in total. The van der Waals surface area contributed by atoms with E-state index >= 15 is 0 Å². The van der Waals surface area contributed by atoms with Gasteiger partial charge in [0.2, 0.25) is 0 Å². The molecule has 1 amide bonds. The van der Waals surface area contributed by atoms with E-state index in [-0.39, 0.29) is 6.04 Å². The Bertz CT molecular complexity index is 674. The number of aliphatic hydroxyl groups is 1. The highest BCUT2D eigenvalue weighted by atomic mass is 19.1. The highest BCUT2D eigenvalue weighted by Gasteiger charge is 2.18. The molecule has 0 bridgehead atoms. The van der Waals surface area contributed by atoms with Crippen molar-refractivity contribution < 1.29 is 14.3 Å². The number of nitrogens with one attached hydrogen (secondary N) is 1. The minimum Gasteiger partial charge on any atom is -0.378 e. The molecule has 0 saturated heterocycles. The van der Waals surface area contributed by atoms with Gasteiger partial charge in [-0.3, -0.25) is 4.79 Å². The van der Waals surface area contributed by atoms with Gasteiger partial charge in [-0.25, -0.2) is 4.39 Å². The molecular formula is C18H21FN2O2. The molecule has 0 saturated carbocycles. The Balaban J connectivity index is 2.11. The summed E-state index contributed by atoms with van der Waals surface area (Å²) in [6.45, 7) is 3.93. The van der Waals surface area contributed by atoms with Crippen molar-refractivity contribution in [2.24, 2.45) is 0 Å². The maximum Gasteiger partial charge on any atom is 0.257 e. The predicted octanol–water partition coefficient (Wildman–Crippen LogP) is 3.34. The number of hydrogen-bond acceptors (Lipinski definition) is 3. The summed E-state index contributed by atoms with van der Waals surface area (Å²) in [5.41, 5.74) is 1.26. The summed E-state index contributed by atoms with van der Waals surface area (Å²) in [5, 5.41) is 12.6. The second-order valence-corrected chi connectivity index (χ2v) is 5.67. The molecule has 23 heavy (non-hydrogen) atoms. The first-order chi connectivity index (χ1) is 10.9. The molecule has 122 valence electrons. The Kier molecular flexibility index (Phi) is 5.34. The third-order valence-corrected chi connectivity index (χ3v) is 3.73. The first-order valence-corrected chi connectivity index (χ1v) is 7.46. The van der Waals surface area contributed by atoms with Crippen LogP contribution in [0.3, 0.4) is 0 Å². The maximum atomic E-state index is 14.2. The minimum atomic E-state index is -1.29. The lowest BCUT2D eigenvalue weighted by Gasteiger charge is -2.24. The minimum absolute atomic E-state index is 0.157. The lowest BCUT2D eigenvalue weighted by molar-refractivity contribution is -0.124. The van der Waals surface area contributed by atoms with Crippen LogP contribution in [0.1, 0.15) is 25.5 Å². The van der Waals surface area contributed by atoms with Gasteiger partial charge >= 0.3 is 0 Å². The Morgan fingerprint density at radius 2 is 1.83 bits per heavy atom. The van der Waals surface area contributed by atoms with E-state index in [9.17, 15) is 14.3 Å². The molecule has 2 N–H and O–H groups in total. The van der Waals surface area contributed by atoms with Gasteiger partial charge in [0.1, 0.15) is 5.82 Å². The van der Waals surface area contributed by atoms with Crippen LogP contribution < -0.4 is 10.2 Å². The number of amides is 1. The van der Waals surface area contributed by atoms with Gasteiger partial charge in [-0.05, 0) is 37.6 Å². The van der Waals surface area contributed by atoms with E-state index in [2.05, 4.69) is 5.32 Å². The molecule has 2 aromatic rings. The first-order valence-electron chi connectivity index (χ1n) is 7.46. The zero-order valence-corrected chi connectivity index (χ0v) is 13.5. The fraction of sp³-hybridized carbons (Fsp3) is 0.278. The Morgan fingerprint density at radius 1 is 1.17 bits per heavy atom. The molecule has 0 aromatic heterocycles. The maximum absolute atomic E-state index is 14.2. The second kappa shape index (κ2) is 7.24. The topological polar surface area (TPSA) is 52.6 Å². The number of hydrogen-bond donors (Lipinski definition) is 2. The van der Waals surface area contributed by atoms with Gasteiger partial charge in [-0.1, -0.05) is 30.3 Å². The van der Waals surface area contributed by atoms with Crippen molar-refractivity contribution in [3.8, 4) is 0 Å². The van der Waals surface area contributed by atoms with Gasteiger partial charge in [-0.15, -0.1) is 0 Å². The summed E-state index contributed by atoms with van der Waals surface area (Å²) in [7, 11) is 1.81. The van der Waals surface area contributed by atoms with Gasteiger partial charge in [0.15, 0.2) is 6.10 Å². The number of carbonyl (C=O) groups is 1. The quantitative estimate of drug-likeness (QED) is 0.889. The van der Waals surface area contributed by atoms with E-state index < -0.39 is 17.8 Å². The number of benzene rings is 2. The van der Waals surface area contributed by atoms with E-state index in [1.165, 1.54) is 6.07 Å². The van der Waals surface area contributed by atoms with Crippen molar-refractivity contribution in [1.82, 2.24) is 0 Å². The monoisotopic (exact) mass is 316 g/mol.